The Morgan fingerprint density at radius 2 is 0.878 bits per heavy atom. The number of amides is 2. The molecule has 6 atom stereocenters. The monoisotopic (exact) mass is 579 g/mol. The van der Waals surface area contributed by atoms with Gasteiger partial charge >= 0.3 is 17.9 Å². The largest absolute Gasteiger partial charge is 0.480 e. The average Bonchev–Trinajstić information content (AvgIpc) is 3.67. The molecule has 0 aromatic rings. The zero-order valence-corrected chi connectivity index (χ0v) is 23.7. The summed E-state index contributed by atoms with van der Waals surface area (Å²) in [6, 6.07) is 0.273. The predicted molar refractivity (Wildman–Crippen MR) is 147 cm³/mol. The molecular weight excluding hydrogens is 534 g/mol. The van der Waals surface area contributed by atoms with Gasteiger partial charge in [0, 0.05) is 38.3 Å². The number of carbonyl (C=O) groups is 5. The van der Waals surface area contributed by atoms with Gasteiger partial charge in [-0.15, -0.1) is 0 Å². The van der Waals surface area contributed by atoms with Crippen LogP contribution in [0.2, 0.25) is 0 Å². The molecule has 4 aliphatic carbocycles. The Hall–Kier alpha value is -2.77. The number of rotatable bonds is 18. The number of fused-ring (bicyclic) bond motifs is 4. The van der Waals surface area contributed by atoms with Gasteiger partial charge in [0.2, 0.25) is 11.8 Å². The summed E-state index contributed by atoms with van der Waals surface area (Å²) in [4.78, 5) is 64.5. The van der Waals surface area contributed by atoms with Gasteiger partial charge in [0.25, 0.3) is 0 Å². The molecule has 0 radical (unpaired) electrons. The summed E-state index contributed by atoms with van der Waals surface area (Å²) in [5.74, 6) is -1.41. The molecule has 4 fully saturated rings. The van der Waals surface area contributed by atoms with Crippen LogP contribution in [0.3, 0.4) is 0 Å². The van der Waals surface area contributed by atoms with E-state index in [9.17, 15) is 39.3 Å². The standard InChI is InChI=1S/C28H45N5O8/c34-24(29-22-11-18-1-3-20(22)9-18)13-32(16-27(38)39)7-5-31(15-26(36)37)6-8-33(17-28(40)41)14-25(35)30-23-12-19-2-4-21(23)10-19/h18-23H,1-17H2,(H,29,34)(H,30,35)(H,36,37)(H,38,39)(H,40,41). The van der Waals surface area contributed by atoms with E-state index in [1.807, 2.05) is 0 Å². The van der Waals surface area contributed by atoms with Crippen molar-refractivity contribution in [3.05, 3.63) is 0 Å². The Bertz CT molecular complexity index is 911. The molecule has 4 rings (SSSR count). The molecule has 13 heteroatoms. The molecule has 4 aliphatic rings. The van der Waals surface area contributed by atoms with Gasteiger partial charge in [-0.05, 0) is 62.2 Å². The predicted octanol–water partition coefficient (Wildman–Crippen LogP) is -0.244. The molecule has 0 aromatic heterocycles. The van der Waals surface area contributed by atoms with Gasteiger partial charge in [-0.1, -0.05) is 12.8 Å². The number of hydrogen-bond donors (Lipinski definition) is 5. The van der Waals surface area contributed by atoms with Crippen LogP contribution in [-0.2, 0) is 24.0 Å². The number of nitrogens with one attached hydrogen (secondary N) is 2. The Morgan fingerprint density at radius 3 is 1.20 bits per heavy atom. The van der Waals surface area contributed by atoms with Crippen molar-refractivity contribution in [3.8, 4) is 0 Å². The normalized spacial score (nSPS) is 28.1. The fourth-order valence-corrected chi connectivity index (χ4v) is 7.59. The Labute approximate surface area is 240 Å². The Balaban J connectivity index is 1.26. The molecule has 0 heterocycles. The zero-order valence-electron chi connectivity index (χ0n) is 23.7. The fraction of sp³-hybridized carbons (Fsp3) is 0.821. The summed E-state index contributed by atoms with van der Waals surface area (Å²) >= 11 is 0. The quantitative estimate of drug-likeness (QED) is 0.145. The molecule has 0 spiro atoms. The van der Waals surface area contributed by atoms with Gasteiger partial charge in [0.1, 0.15) is 0 Å². The summed E-state index contributed by atoms with van der Waals surface area (Å²) < 4.78 is 0. The van der Waals surface area contributed by atoms with E-state index in [1.54, 1.807) is 4.90 Å². The van der Waals surface area contributed by atoms with Crippen LogP contribution in [0.4, 0.5) is 0 Å². The minimum absolute atomic E-state index is 0.102. The lowest BCUT2D eigenvalue weighted by Crippen LogP contribution is -2.49. The van der Waals surface area contributed by atoms with E-state index >= 15 is 0 Å². The first-order valence-corrected chi connectivity index (χ1v) is 14.9. The molecule has 230 valence electrons. The van der Waals surface area contributed by atoms with Crippen LogP contribution in [0.5, 0.6) is 0 Å². The minimum Gasteiger partial charge on any atom is -0.480 e. The maximum atomic E-state index is 12.7. The third kappa shape index (κ3) is 9.64. The number of carboxylic acid groups (broad SMARTS) is 3. The van der Waals surface area contributed by atoms with Crippen LogP contribution in [0.25, 0.3) is 0 Å². The summed E-state index contributed by atoms with van der Waals surface area (Å²) in [5.41, 5.74) is 0. The lowest BCUT2D eigenvalue weighted by molar-refractivity contribution is -0.141. The summed E-state index contributed by atoms with van der Waals surface area (Å²) in [6.07, 6.45) is 8.84. The number of nitrogens with zero attached hydrogens (tertiary/aromatic N) is 3. The third-order valence-corrected chi connectivity index (χ3v) is 9.44. The van der Waals surface area contributed by atoms with Crippen molar-refractivity contribution in [2.24, 2.45) is 23.7 Å². The van der Waals surface area contributed by atoms with Gasteiger partial charge < -0.3 is 26.0 Å². The fourth-order valence-electron chi connectivity index (χ4n) is 7.59. The van der Waals surface area contributed by atoms with Crippen LogP contribution in [-0.4, -0.2) is 131 Å². The molecule has 2 amide bonds. The van der Waals surface area contributed by atoms with E-state index in [0.717, 1.165) is 38.5 Å². The van der Waals surface area contributed by atoms with Crippen LogP contribution >= 0.6 is 0 Å². The molecule has 0 aromatic carbocycles. The van der Waals surface area contributed by atoms with Gasteiger partial charge in [-0.3, -0.25) is 38.7 Å². The molecular formula is C28H45N5O8. The number of aliphatic carboxylic acids is 3. The molecule has 13 nitrogen and oxygen atoms in total. The van der Waals surface area contributed by atoms with E-state index < -0.39 is 17.9 Å². The molecule has 6 unspecified atom stereocenters. The van der Waals surface area contributed by atoms with Crippen molar-refractivity contribution in [3.63, 3.8) is 0 Å². The number of carboxylic acids is 3. The number of hydrogen-bond acceptors (Lipinski definition) is 8. The van der Waals surface area contributed by atoms with Crippen LogP contribution < -0.4 is 10.6 Å². The topological polar surface area (TPSA) is 180 Å². The first-order chi connectivity index (χ1) is 19.5. The molecule has 0 aliphatic heterocycles. The van der Waals surface area contributed by atoms with Gasteiger partial charge in [-0.25, -0.2) is 0 Å². The number of carbonyl (C=O) groups excluding carboxylic acids is 2. The van der Waals surface area contributed by atoms with Gasteiger partial charge in [-0.2, -0.15) is 0 Å². The summed E-state index contributed by atoms with van der Waals surface area (Å²) in [5, 5.41) is 34.3. The summed E-state index contributed by atoms with van der Waals surface area (Å²) in [7, 11) is 0. The summed E-state index contributed by atoms with van der Waals surface area (Å²) in [6.45, 7) is -0.640. The Kier molecular flexibility index (Phi) is 11.0. The van der Waals surface area contributed by atoms with Crippen molar-refractivity contribution < 1.29 is 39.3 Å². The molecule has 4 bridgehead atoms. The van der Waals surface area contributed by atoms with E-state index in [2.05, 4.69) is 10.6 Å². The molecule has 41 heavy (non-hydrogen) atoms. The minimum atomic E-state index is -1.09. The first kappa shape index (κ1) is 31.2. The van der Waals surface area contributed by atoms with E-state index in [1.165, 1.54) is 22.6 Å². The van der Waals surface area contributed by atoms with Crippen LogP contribution in [0.1, 0.15) is 51.4 Å². The van der Waals surface area contributed by atoms with E-state index in [4.69, 9.17) is 0 Å². The zero-order chi connectivity index (χ0) is 29.5. The molecule has 4 saturated carbocycles. The van der Waals surface area contributed by atoms with Crippen LogP contribution in [0, 0.1) is 23.7 Å². The van der Waals surface area contributed by atoms with Gasteiger partial charge in [0.15, 0.2) is 0 Å². The average molecular weight is 580 g/mol. The highest BCUT2D eigenvalue weighted by Crippen LogP contribution is 2.45. The second-order valence-electron chi connectivity index (χ2n) is 12.6. The SMILES string of the molecule is O=C(O)CN(CCN(CC(=O)O)CC(=O)NC1CC2CCC1C2)CCN(CC(=O)O)CC(=O)NC1CC2CCC1C2. The van der Waals surface area contributed by atoms with Crippen molar-refractivity contribution >= 4 is 29.7 Å². The maximum absolute atomic E-state index is 12.7. The molecule has 0 saturated heterocycles. The van der Waals surface area contributed by atoms with Crippen molar-refractivity contribution in [1.82, 2.24) is 25.3 Å². The van der Waals surface area contributed by atoms with Crippen molar-refractivity contribution in [2.45, 2.75) is 63.5 Å². The first-order valence-electron chi connectivity index (χ1n) is 14.9. The van der Waals surface area contributed by atoms with E-state index in [-0.39, 0.29) is 82.8 Å². The highest BCUT2D eigenvalue weighted by Gasteiger charge is 2.41. The van der Waals surface area contributed by atoms with Gasteiger partial charge in [0.05, 0.1) is 32.7 Å². The van der Waals surface area contributed by atoms with Crippen molar-refractivity contribution in [2.75, 3.05) is 58.9 Å². The lowest BCUT2D eigenvalue weighted by Gasteiger charge is -2.29. The highest BCUT2D eigenvalue weighted by molar-refractivity contribution is 5.80. The second-order valence-corrected chi connectivity index (χ2v) is 12.6. The van der Waals surface area contributed by atoms with Crippen molar-refractivity contribution in [1.29, 1.82) is 0 Å². The van der Waals surface area contributed by atoms with E-state index in [0.29, 0.717) is 23.7 Å². The second kappa shape index (κ2) is 14.4. The highest BCUT2D eigenvalue weighted by atomic mass is 16.4. The smallest absolute Gasteiger partial charge is 0.317 e. The van der Waals surface area contributed by atoms with Crippen LogP contribution in [0.15, 0.2) is 0 Å². The third-order valence-electron chi connectivity index (χ3n) is 9.44. The lowest BCUT2D eigenvalue weighted by atomic mass is 9.95. The Morgan fingerprint density at radius 1 is 0.512 bits per heavy atom. The molecule has 5 N–H and O–H groups in total. The maximum Gasteiger partial charge on any atom is 0.317 e.